The van der Waals surface area contributed by atoms with Gasteiger partial charge in [0.25, 0.3) is 0 Å². The molecule has 5 nitrogen and oxygen atoms in total. The van der Waals surface area contributed by atoms with E-state index in [-0.39, 0.29) is 36.8 Å². The van der Waals surface area contributed by atoms with Crippen LogP contribution in [-0.4, -0.2) is 47.1 Å². The van der Waals surface area contributed by atoms with Crippen LogP contribution in [0.1, 0.15) is 43.6 Å². The standard InChI is InChI=1S/C18H23ClN2O3/c19-13-3-1-2-12(10-13)15-11-16(15)20-17(23)4-5-18(24)21-8-6-14(22)7-9-21/h1-3,10,14-16,22H,4-9,11H2,(H,20,23)/t15-,16+/m0/s1. The molecular weight excluding hydrogens is 328 g/mol. The molecule has 0 bridgehead atoms. The van der Waals surface area contributed by atoms with E-state index in [0.717, 1.165) is 12.0 Å². The molecule has 0 spiro atoms. The fourth-order valence-electron chi connectivity index (χ4n) is 3.23. The van der Waals surface area contributed by atoms with Crippen molar-refractivity contribution in [3.63, 3.8) is 0 Å². The third kappa shape index (κ3) is 4.48. The Kier molecular flexibility index (Phi) is 5.41. The average Bonchev–Trinajstić information content (AvgIpc) is 3.32. The molecule has 0 radical (unpaired) electrons. The number of rotatable bonds is 5. The van der Waals surface area contributed by atoms with Gasteiger partial charge >= 0.3 is 0 Å². The van der Waals surface area contributed by atoms with E-state index in [0.29, 0.717) is 36.9 Å². The molecule has 2 amide bonds. The van der Waals surface area contributed by atoms with Crippen LogP contribution < -0.4 is 5.32 Å². The highest BCUT2D eigenvalue weighted by atomic mass is 35.5. The zero-order chi connectivity index (χ0) is 17.1. The summed E-state index contributed by atoms with van der Waals surface area (Å²) >= 11 is 5.99. The first kappa shape index (κ1) is 17.2. The van der Waals surface area contributed by atoms with Crippen LogP contribution in [0.3, 0.4) is 0 Å². The zero-order valence-electron chi connectivity index (χ0n) is 13.6. The minimum Gasteiger partial charge on any atom is -0.393 e. The number of nitrogens with zero attached hydrogens (tertiary/aromatic N) is 1. The maximum absolute atomic E-state index is 12.1. The number of amides is 2. The average molecular weight is 351 g/mol. The van der Waals surface area contributed by atoms with Gasteiger partial charge in [0, 0.05) is 42.9 Å². The number of hydrogen-bond acceptors (Lipinski definition) is 3. The Morgan fingerprint density at radius 2 is 2.00 bits per heavy atom. The van der Waals surface area contributed by atoms with E-state index in [2.05, 4.69) is 5.32 Å². The van der Waals surface area contributed by atoms with Gasteiger partial charge in [0.15, 0.2) is 0 Å². The molecule has 1 aromatic carbocycles. The number of aliphatic hydroxyl groups excluding tert-OH is 1. The fraction of sp³-hybridized carbons (Fsp3) is 0.556. The van der Waals surface area contributed by atoms with Crippen LogP contribution in [0.25, 0.3) is 0 Å². The highest BCUT2D eigenvalue weighted by molar-refractivity contribution is 6.30. The number of likely N-dealkylation sites (tertiary alicyclic amines) is 1. The summed E-state index contributed by atoms with van der Waals surface area (Å²) in [5.74, 6) is 0.251. The number of carbonyl (C=O) groups is 2. The van der Waals surface area contributed by atoms with Crippen molar-refractivity contribution in [2.24, 2.45) is 0 Å². The summed E-state index contributed by atoms with van der Waals surface area (Å²) < 4.78 is 0. The van der Waals surface area contributed by atoms with Crippen molar-refractivity contribution >= 4 is 23.4 Å². The molecule has 1 saturated carbocycles. The summed E-state index contributed by atoms with van der Waals surface area (Å²) in [5.41, 5.74) is 1.15. The molecule has 130 valence electrons. The van der Waals surface area contributed by atoms with Gasteiger partial charge in [-0.1, -0.05) is 23.7 Å². The van der Waals surface area contributed by atoms with Gasteiger partial charge in [-0.2, -0.15) is 0 Å². The SMILES string of the molecule is O=C(CCC(=O)N1CCC(O)CC1)N[C@@H]1C[C@H]1c1cccc(Cl)c1. The monoisotopic (exact) mass is 350 g/mol. The molecule has 1 aliphatic carbocycles. The second-order valence-electron chi connectivity index (χ2n) is 6.68. The normalized spacial score (nSPS) is 23.8. The highest BCUT2D eigenvalue weighted by Gasteiger charge is 2.39. The van der Waals surface area contributed by atoms with Crippen molar-refractivity contribution in [3.8, 4) is 0 Å². The Balaban J connectivity index is 1.38. The van der Waals surface area contributed by atoms with Gasteiger partial charge in [0.1, 0.15) is 0 Å². The van der Waals surface area contributed by atoms with Crippen molar-refractivity contribution in [3.05, 3.63) is 34.9 Å². The van der Waals surface area contributed by atoms with Gasteiger partial charge in [0.2, 0.25) is 11.8 Å². The van der Waals surface area contributed by atoms with Crippen LogP contribution in [0.15, 0.2) is 24.3 Å². The zero-order valence-corrected chi connectivity index (χ0v) is 14.3. The van der Waals surface area contributed by atoms with Crippen molar-refractivity contribution in [2.75, 3.05) is 13.1 Å². The number of hydrogen-bond donors (Lipinski definition) is 2. The van der Waals surface area contributed by atoms with E-state index in [1.165, 1.54) is 0 Å². The first-order valence-corrected chi connectivity index (χ1v) is 8.91. The van der Waals surface area contributed by atoms with Gasteiger partial charge in [-0.25, -0.2) is 0 Å². The summed E-state index contributed by atoms with van der Waals surface area (Å²) in [5, 5.41) is 13.2. The predicted octanol–water partition coefficient (Wildman–Crippen LogP) is 2.08. The summed E-state index contributed by atoms with van der Waals surface area (Å²) in [4.78, 5) is 25.9. The molecular formula is C18H23ClN2O3. The summed E-state index contributed by atoms with van der Waals surface area (Å²) in [6.45, 7) is 1.17. The Bertz CT molecular complexity index is 614. The Labute approximate surface area is 147 Å². The molecule has 2 N–H and O–H groups in total. The van der Waals surface area contributed by atoms with E-state index >= 15 is 0 Å². The number of aliphatic hydroxyl groups is 1. The third-order valence-electron chi connectivity index (χ3n) is 4.80. The van der Waals surface area contributed by atoms with Crippen LogP contribution >= 0.6 is 11.6 Å². The Morgan fingerprint density at radius 1 is 1.25 bits per heavy atom. The van der Waals surface area contributed by atoms with E-state index in [4.69, 9.17) is 11.6 Å². The predicted molar refractivity (Wildman–Crippen MR) is 91.8 cm³/mol. The van der Waals surface area contributed by atoms with Gasteiger partial charge in [-0.15, -0.1) is 0 Å². The van der Waals surface area contributed by atoms with E-state index < -0.39 is 0 Å². The second-order valence-corrected chi connectivity index (χ2v) is 7.12. The summed E-state index contributed by atoms with van der Waals surface area (Å²) in [6, 6.07) is 7.87. The summed E-state index contributed by atoms with van der Waals surface area (Å²) in [7, 11) is 0. The molecule has 2 aliphatic rings. The first-order valence-electron chi connectivity index (χ1n) is 8.53. The van der Waals surface area contributed by atoms with E-state index in [9.17, 15) is 14.7 Å². The minimum atomic E-state index is -0.296. The molecule has 1 aliphatic heterocycles. The highest BCUT2D eigenvalue weighted by Crippen LogP contribution is 2.41. The largest absolute Gasteiger partial charge is 0.393 e. The van der Waals surface area contributed by atoms with Crippen LogP contribution in [0, 0.1) is 0 Å². The molecule has 0 unspecified atom stereocenters. The Hall–Kier alpha value is -1.59. The van der Waals surface area contributed by atoms with E-state index in [1.54, 1.807) is 4.90 Å². The third-order valence-corrected chi connectivity index (χ3v) is 5.03. The molecule has 24 heavy (non-hydrogen) atoms. The number of piperidine rings is 1. The fourth-order valence-corrected chi connectivity index (χ4v) is 3.43. The van der Waals surface area contributed by atoms with Crippen molar-refractivity contribution in [1.82, 2.24) is 10.2 Å². The van der Waals surface area contributed by atoms with Gasteiger partial charge < -0.3 is 15.3 Å². The van der Waals surface area contributed by atoms with E-state index in [1.807, 2.05) is 24.3 Å². The number of halogens is 1. The molecule has 1 aromatic rings. The van der Waals surface area contributed by atoms with Crippen molar-refractivity contribution < 1.29 is 14.7 Å². The maximum atomic E-state index is 12.1. The lowest BCUT2D eigenvalue weighted by molar-refractivity contribution is -0.135. The molecule has 2 fully saturated rings. The molecule has 1 saturated heterocycles. The molecule has 6 heteroatoms. The quantitative estimate of drug-likeness (QED) is 0.854. The molecule has 1 heterocycles. The van der Waals surface area contributed by atoms with Crippen molar-refractivity contribution in [2.45, 2.75) is 50.2 Å². The summed E-state index contributed by atoms with van der Waals surface area (Å²) in [6.07, 6.45) is 2.33. The molecule has 2 atom stereocenters. The van der Waals surface area contributed by atoms with Crippen LogP contribution in [-0.2, 0) is 9.59 Å². The lowest BCUT2D eigenvalue weighted by Gasteiger charge is -2.29. The molecule has 0 aromatic heterocycles. The number of benzene rings is 1. The van der Waals surface area contributed by atoms with Gasteiger partial charge in [-0.05, 0) is 37.0 Å². The number of carbonyl (C=O) groups excluding carboxylic acids is 2. The number of nitrogens with one attached hydrogen (secondary N) is 1. The maximum Gasteiger partial charge on any atom is 0.223 e. The van der Waals surface area contributed by atoms with Crippen LogP contribution in [0.2, 0.25) is 5.02 Å². The second kappa shape index (κ2) is 7.53. The van der Waals surface area contributed by atoms with Gasteiger partial charge in [-0.3, -0.25) is 9.59 Å². The van der Waals surface area contributed by atoms with Crippen molar-refractivity contribution in [1.29, 1.82) is 0 Å². The van der Waals surface area contributed by atoms with Gasteiger partial charge in [0.05, 0.1) is 6.10 Å². The Morgan fingerprint density at radius 3 is 2.71 bits per heavy atom. The molecule has 3 rings (SSSR count). The topological polar surface area (TPSA) is 69.6 Å². The van der Waals surface area contributed by atoms with Crippen LogP contribution in [0.5, 0.6) is 0 Å². The smallest absolute Gasteiger partial charge is 0.223 e. The lowest BCUT2D eigenvalue weighted by atomic mass is 10.1. The van der Waals surface area contributed by atoms with Crippen LogP contribution in [0.4, 0.5) is 0 Å². The minimum absolute atomic E-state index is 0.000705. The lowest BCUT2D eigenvalue weighted by Crippen LogP contribution is -2.40. The first-order chi connectivity index (χ1) is 11.5.